The van der Waals surface area contributed by atoms with Crippen molar-refractivity contribution in [3.05, 3.63) is 48.0 Å². The van der Waals surface area contributed by atoms with E-state index in [0.717, 1.165) is 0 Å². The molecule has 0 unspecified atom stereocenters. The standard InChI is InChI=1S/C13H14N2O/c14-15-13(16)9-8-11-6-3-5-10-4-1-2-7-12(10)11/h1-7H,8-9,14H2,(H,15,16). The van der Waals surface area contributed by atoms with Gasteiger partial charge in [-0.1, -0.05) is 42.5 Å². The quantitative estimate of drug-likeness (QED) is 0.464. The molecule has 0 aliphatic heterocycles. The van der Waals surface area contributed by atoms with E-state index in [0.29, 0.717) is 12.8 Å². The molecule has 0 atom stereocenters. The average molecular weight is 214 g/mol. The summed E-state index contributed by atoms with van der Waals surface area (Å²) in [5.41, 5.74) is 3.33. The lowest BCUT2D eigenvalue weighted by Gasteiger charge is -2.05. The van der Waals surface area contributed by atoms with E-state index in [1.807, 2.05) is 24.3 Å². The molecule has 2 rings (SSSR count). The summed E-state index contributed by atoms with van der Waals surface area (Å²) in [6.45, 7) is 0. The number of carbonyl (C=O) groups excluding carboxylic acids is 1. The molecule has 2 aromatic carbocycles. The maximum Gasteiger partial charge on any atom is 0.234 e. The lowest BCUT2D eigenvalue weighted by atomic mass is 10.0. The molecule has 82 valence electrons. The number of hydrazine groups is 1. The fraction of sp³-hybridized carbons (Fsp3) is 0.154. The highest BCUT2D eigenvalue weighted by atomic mass is 16.2. The Kier molecular flexibility index (Phi) is 3.17. The van der Waals surface area contributed by atoms with Crippen molar-refractivity contribution in [2.75, 3.05) is 0 Å². The van der Waals surface area contributed by atoms with Crippen LogP contribution in [-0.2, 0) is 11.2 Å². The maximum atomic E-state index is 11.1. The van der Waals surface area contributed by atoms with E-state index >= 15 is 0 Å². The molecule has 0 fully saturated rings. The predicted molar refractivity (Wildman–Crippen MR) is 64.6 cm³/mol. The molecule has 0 aliphatic rings. The Balaban J connectivity index is 2.27. The second kappa shape index (κ2) is 4.77. The van der Waals surface area contributed by atoms with Crippen LogP contribution in [-0.4, -0.2) is 5.91 Å². The summed E-state index contributed by atoms with van der Waals surface area (Å²) in [6, 6.07) is 14.3. The van der Waals surface area contributed by atoms with Crippen LogP contribution >= 0.6 is 0 Å². The van der Waals surface area contributed by atoms with Crippen LogP contribution in [0.2, 0.25) is 0 Å². The van der Waals surface area contributed by atoms with Gasteiger partial charge in [-0.3, -0.25) is 10.2 Å². The Morgan fingerprint density at radius 1 is 1.12 bits per heavy atom. The number of nitrogens with two attached hydrogens (primary N) is 1. The van der Waals surface area contributed by atoms with E-state index in [1.54, 1.807) is 0 Å². The predicted octanol–water partition coefficient (Wildman–Crippen LogP) is 1.76. The third-order valence-corrected chi connectivity index (χ3v) is 2.66. The third-order valence-electron chi connectivity index (χ3n) is 2.66. The van der Waals surface area contributed by atoms with Crippen molar-refractivity contribution in [2.45, 2.75) is 12.8 Å². The molecule has 0 radical (unpaired) electrons. The molecule has 2 aromatic rings. The first kappa shape index (κ1) is 10.6. The van der Waals surface area contributed by atoms with E-state index in [4.69, 9.17) is 5.84 Å². The highest BCUT2D eigenvalue weighted by Gasteiger charge is 2.03. The molecule has 3 nitrogen and oxygen atoms in total. The molecule has 3 heteroatoms. The number of hydrogen-bond acceptors (Lipinski definition) is 2. The van der Waals surface area contributed by atoms with Crippen molar-refractivity contribution >= 4 is 16.7 Å². The maximum absolute atomic E-state index is 11.1. The summed E-state index contributed by atoms with van der Waals surface area (Å²) < 4.78 is 0. The van der Waals surface area contributed by atoms with Gasteiger partial charge in [-0.25, -0.2) is 5.84 Å². The molecule has 0 bridgehead atoms. The molecule has 16 heavy (non-hydrogen) atoms. The summed E-state index contributed by atoms with van der Waals surface area (Å²) in [6.07, 6.45) is 1.13. The largest absolute Gasteiger partial charge is 0.294 e. The van der Waals surface area contributed by atoms with Gasteiger partial charge in [0, 0.05) is 6.42 Å². The van der Waals surface area contributed by atoms with Gasteiger partial charge < -0.3 is 0 Å². The lowest BCUT2D eigenvalue weighted by molar-refractivity contribution is -0.121. The minimum absolute atomic E-state index is 0.132. The van der Waals surface area contributed by atoms with E-state index in [-0.39, 0.29) is 5.91 Å². The highest BCUT2D eigenvalue weighted by molar-refractivity contribution is 5.86. The fourth-order valence-electron chi connectivity index (χ4n) is 1.83. The monoisotopic (exact) mass is 214 g/mol. The highest BCUT2D eigenvalue weighted by Crippen LogP contribution is 2.19. The van der Waals surface area contributed by atoms with Gasteiger partial charge in [0.1, 0.15) is 0 Å². The number of hydrogen-bond donors (Lipinski definition) is 2. The second-order valence-electron chi connectivity index (χ2n) is 3.71. The van der Waals surface area contributed by atoms with Gasteiger partial charge in [-0.15, -0.1) is 0 Å². The van der Waals surface area contributed by atoms with Crippen molar-refractivity contribution in [3.8, 4) is 0 Å². The zero-order valence-corrected chi connectivity index (χ0v) is 8.94. The number of nitrogens with one attached hydrogen (secondary N) is 1. The van der Waals surface area contributed by atoms with E-state index < -0.39 is 0 Å². The third kappa shape index (κ3) is 2.20. The molecule has 0 saturated carbocycles. The normalized spacial score (nSPS) is 10.3. The smallest absolute Gasteiger partial charge is 0.234 e. The van der Waals surface area contributed by atoms with Gasteiger partial charge in [0.15, 0.2) is 0 Å². The van der Waals surface area contributed by atoms with E-state index in [1.165, 1.54) is 16.3 Å². The van der Waals surface area contributed by atoms with Gasteiger partial charge >= 0.3 is 0 Å². The van der Waals surface area contributed by atoms with Gasteiger partial charge in [-0.05, 0) is 22.8 Å². The van der Waals surface area contributed by atoms with Crippen LogP contribution in [0.1, 0.15) is 12.0 Å². The van der Waals surface area contributed by atoms with Gasteiger partial charge in [0.2, 0.25) is 5.91 Å². The molecule has 0 aromatic heterocycles. The van der Waals surface area contributed by atoms with Crippen LogP contribution in [0.5, 0.6) is 0 Å². The molecular weight excluding hydrogens is 200 g/mol. The van der Waals surface area contributed by atoms with Crippen molar-refractivity contribution in [2.24, 2.45) is 5.84 Å². The molecule has 0 saturated heterocycles. The molecule has 1 amide bonds. The Morgan fingerprint density at radius 2 is 1.88 bits per heavy atom. The van der Waals surface area contributed by atoms with Crippen molar-refractivity contribution in [1.82, 2.24) is 5.43 Å². The van der Waals surface area contributed by atoms with Crippen LogP contribution in [0, 0.1) is 0 Å². The second-order valence-corrected chi connectivity index (χ2v) is 3.71. The van der Waals surface area contributed by atoms with Crippen molar-refractivity contribution in [1.29, 1.82) is 0 Å². The lowest BCUT2D eigenvalue weighted by Crippen LogP contribution is -2.30. The summed E-state index contributed by atoms with van der Waals surface area (Å²) in [7, 11) is 0. The summed E-state index contributed by atoms with van der Waals surface area (Å²) in [5.74, 6) is 4.92. The molecule has 0 heterocycles. The van der Waals surface area contributed by atoms with Gasteiger partial charge in [0.25, 0.3) is 0 Å². The Labute approximate surface area is 94.2 Å². The fourth-order valence-corrected chi connectivity index (χ4v) is 1.83. The van der Waals surface area contributed by atoms with Crippen LogP contribution in [0.25, 0.3) is 10.8 Å². The van der Waals surface area contributed by atoms with E-state index in [9.17, 15) is 4.79 Å². The van der Waals surface area contributed by atoms with Crippen LogP contribution < -0.4 is 11.3 Å². The number of fused-ring (bicyclic) bond motifs is 1. The topological polar surface area (TPSA) is 55.1 Å². The summed E-state index contributed by atoms with van der Waals surface area (Å²) in [5, 5.41) is 2.41. The first-order valence-electron chi connectivity index (χ1n) is 5.27. The van der Waals surface area contributed by atoms with Crippen LogP contribution in [0.3, 0.4) is 0 Å². The first-order chi connectivity index (χ1) is 7.81. The summed E-state index contributed by atoms with van der Waals surface area (Å²) >= 11 is 0. The average Bonchev–Trinajstić information content (AvgIpc) is 2.35. The van der Waals surface area contributed by atoms with Gasteiger partial charge in [0.05, 0.1) is 0 Å². The molecule has 0 spiro atoms. The van der Waals surface area contributed by atoms with Crippen LogP contribution in [0.4, 0.5) is 0 Å². The number of amides is 1. The minimum atomic E-state index is -0.132. The van der Waals surface area contributed by atoms with Crippen LogP contribution in [0.15, 0.2) is 42.5 Å². The number of carbonyl (C=O) groups is 1. The Morgan fingerprint density at radius 3 is 2.69 bits per heavy atom. The minimum Gasteiger partial charge on any atom is -0.294 e. The van der Waals surface area contributed by atoms with Gasteiger partial charge in [-0.2, -0.15) is 0 Å². The summed E-state index contributed by atoms with van der Waals surface area (Å²) in [4.78, 5) is 11.1. The Bertz CT molecular complexity index is 503. The molecule has 3 N–H and O–H groups in total. The van der Waals surface area contributed by atoms with Crippen molar-refractivity contribution < 1.29 is 4.79 Å². The first-order valence-corrected chi connectivity index (χ1v) is 5.27. The number of benzene rings is 2. The zero-order valence-electron chi connectivity index (χ0n) is 8.94. The SMILES string of the molecule is NNC(=O)CCc1cccc2ccccc12. The Hall–Kier alpha value is -1.87. The molecular formula is C13H14N2O. The molecule has 0 aliphatic carbocycles. The number of rotatable bonds is 3. The number of aryl methyl sites for hydroxylation is 1. The van der Waals surface area contributed by atoms with Crippen molar-refractivity contribution in [3.63, 3.8) is 0 Å². The zero-order chi connectivity index (χ0) is 11.4. The van der Waals surface area contributed by atoms with E-state index in [2.05, 4.69) is 23.6 Å².